The Bertz CT molecular complexity index is 402. The number of anilines is 1. The molecule has 1 aromatic rings. The third-order valence-electron chi connectivity index (χ3n) is 2.69. The van der Waals surface area contributed by atoms with Crippen molar-refractivity contribution in [2.45, 2.75) is 25.4 Å². The zero-order valence-corrected chi connectivity index (χ0v) is 9.10. The standard InChI is InChI=1S/C11H14N2O3/c1-15-11(14)8-5-6-13-10(9(8)12)16-7-3-2-4-7/h5-7H,2-4,12H2,1H3. The molecule has 5 nitrogen and oxygen atoms in total. The van der Waals surface area contributed by atoms with Gasteiger partial charge in [-0.3, -0.25) is 0 Å². The zero-order chi connectivity index (χ0) is 11.5. The van der Waals surface area contributed by atoms with E-state index in [9.17, 15) is 4.79 Å². The number of esters is 1. The first kappa shape index (κ1) is 10.7. The van der Waals surface area contributed by atoms with Gasteiger partial charge in [-0.05, 0) is 25.3 Å². The van der Waals surface area contributed by atoms with Gasteiger partial charge in [0.2, 0.25) is 5.88 Å². The molecule has 1 aromatic heterocycles. The van der Waals surface area contributed by atoms with Crippen molar-refractivity contribution in [2.75, 3.05) is 12.8 Å². The average Bonchev–Trinajstić information content (AvgIpc) is 2.24. The van der Waals surface area contributed by atoms with Crippen LogP contribution < -0.4 is 10.5 Å². The predicted octanol–water partition coefficient (Wildman–Crippen LogP) is 1.38. The molecule has 1 fully saturated rings. The van der Waals surface area contributed by atoms with Crippen LogP contribution in [0.1, 0.15) is 29.6 Å². The van der Waals surface area contributed by atoms with Crippen molar-refractivity contribution >= 4 is 11.7 Å². The van der Waals surface area contributed by atoms with Crippen LogP contribution in [0.2, 0.25) is 0 Å². The minimum atomic E-state index is -0.474. The number of hydrogen-bond donors (Lipinski definition) is 1. The topological polar surface area (TPSA) is 74.4 Å². The molecule has 1 aliphatic rings. The molecule has 16 heavy (non-hydrogen) atoms. The highest BCUT2D eigenvalue weighted by Crippen LogP contribution is 2.29. The summed E-state index contributed by atoms with van der Waals surface area (Å²) in [6.45, 7) is 0. The van der Waals surface area contributed by atoms with Gasteiger partial charge < -0.3 is 15.2 Å². The quantitative estimate of drug-likeness (QED) is 0.782. The van der Waals surface area contributed by atoms with Crippen LogP contribution in [0.25, 0.3) is 0 Å². The molecule has 5 heteroatoms. The van der Waals surface area contributed by atoms with Gasteiger partial charge in [0.25, 0.3) is 0 Å². The maximum absolute atomic E-state index is 11.4. The Morgan fingerprint density at radius 1 is 1.56 bits per heavy atom. The molecule has 0 aliphatic heterocycles. The summed E-state index contributed by atoms with van der Waals surface area (Å²) in [7, 11) is 1.31. The van der Waals surface area contributed by atoms with Crippen molar-refractivity contribution in [3.05, 3.63) is 17.8 Å². The van der Waals surface area contributed by atoms with Gasteiger partial charge in [0.1, 0.15) is 11.8 Å². The van der Waals surface area contributed by atoms with E-state index < -0.39 is 5.97 Å². The molecule has 1 saturated carbocycles. The lowest BCUT2D eigenvalue weighted by molar-refractivity contribution is 0.0600. The van der Waals surface area contributed by atoms with E-state index in [0.717, 1.165) is 12.8 Å². The molecule has 0 bridgehead atoms. The minimum Gasteiger partial charge on any atom is -0.473 e. The summed E-state index contributed by atoms with van der Waals surface area (Å²) in [6, 6.07) is 1.52. The maximum Gasteiger partial charge on any atom is 0.340 e. The Balaban J connectivity index is 2.21. The molecule has 1 heterocycles. The SMILES string of the molecule is COC(=O)c1ccnc(OC2CCC2)c1N. The van der Waals surface area contributed by atoms with E-state index in [1.54, 1.807) is 0 Å². The summed E-state index contributed by atoms with van der Waals surface area (Å²) >= 11 is 0. The van der Waals surface area contributed by atoms with Crippen molar-refractivity contribution in [2.24, 2.45) is 0 Å². The lowest BCUT2D eigenvalue weighted by Crippen LogP contribution is -2.25. The molecule has 0 unspecified atom stereocenters. The third kappa shape index (κ3) is 1.93. The van der Waals surface area contributed by atoms with Crippen LogP contribution in [0, 0.1) is 0 Å². The van der Waals surface area contributed by atoms with Gasteiger partial charge in [0.15, 0.2) is 0 Å². The fourth-order valence-electron chi connectivity index (χ4n) is 1.48. The van der Waals surface area contributed by atoms with Crippen molar-refractivity contribution < 1.29 is 14.3 Å². The van der Waals surface area contributed by atoms with Crippen LogP contribution in [-0.4, -0.2) is 24.2 Å². The van der Waals surface area contributed by atoms with Gasteiger partial charge in [0.05, 0.1) is 12.7 Å². The zero-order valence-electron chi connectivity index (χ0n) is 9.10. The van der Waals surface area contributed by atoms with Crippen molar-refractivity contribution in [3.63, 3.8) is 0 Å². The highest BCUT2D eigenvalue weighted by atomic mass is 16.5. The number of rotatable bonds is 3. The summed E-state index contributed by atoms with van der Waals surface area (Å²) in [4.78, 5) is 15.4. The fraction of sp³-hybridized carbons (Fsp3) is 0.455. The number of nitrogen functional groups attached to an aromatic ring is 1. The van der Waals surface area contributed by atoms with Crippen LogP contribution in [0.4, 0.5) is 5.69 Å². The molecule has 0 spiro atoms. The van der Waals surface area contributed by atoms with Gasteiger partial charge in [-0.2, -0.15) is 0 Å². The van der Waals surface area contributed by atoms with Gasteiger partial charge >= 0.3 is 5.97 Å². The summed E-state index contributed by atoms with van der Waals surface area (Å²) < 4.78 is 10.2. The van der Waals surface area contributed by atoms with E-state index in [0.29, 0.717) is 11.4 Å². The maximum atomic E-state index is 11.4. The molecule has 86 valence electrons. The highest BCUT2D eigenvalue weighted by Gasteiger charge is 2.22. The molecule has 1 aliphatic carbocycles. The summed E-state index contributed by atoms with van der Waals surface area (Å²) in [5, 5.41) is 0. The summed E-state index contributed by atoms with van der Waals surface area (Å²) in [5.41, 5.74) is 6.35. The molecule has 2 rings (SSSR count). The van der Waals surface area contributed by atoms with E-state index in [-0.39, 0.29) is 11.8 Å². The second-order valence-electron chi connectivity index (χ2n) is 3.74. The number of hydrogen-bond acceptors (Lipinski definition) is 5. The predicted molar refractivity (Wildman–Crippen MR) is 58.3 cm³/mol. The number of ether oxygens (including phenoxy) is 2. The van der Waals surface area contributed by atoms with Gasteiger partial charge in [-0.25, -0.2) is 9.78 Å². The number of carbonyl (C=O) groups excluding carboxylic acids is 1. The van der Waals surface area contributed by atoms with Crippen LogP contribution in [-0.2, 0) is 4.74 Å². The smallest absolute Gasteiger partial charge is 0.340 e. The van der Waals surface area contributed by atoms with Crippen LogP contribution in [0.5, 0.6) is 5.88 Å². The average molecular weight is 222 g/mol. The van der Waals surface area contributed by atoms with Crippen LogP contribution in [0.15, 0.2) is 12.3 Å². The Morgan fingerprint density at radius 2 is 2.31 bits per heavy atom. The largest absolute Gasteiger partial charge is 0.473 e. The first-order valence-electron chi connectivity index (χ1n) is 5.22. The highest BCUT2D eigenvalue weighted by molar-refractivity contribution is 5.95. The fourth-order valence-corrected chi connectivity index (χ4v) is 1.48. The second-order valence-corrected chi connectivity index (χ2v) is 3.74. The number of nitrogens with zero attached hydrogens (tertiary/aromatic N) is 1. The lowest BCUT2D eigenvalue weighted by atomic mass is 9.96. The van der Waals surface area contributed by atoms with Gasteiger partial charge in [-0.15, -0.1) is 0 Å². The van der Waals surface area contributed by atoms with Crippen molar-refractivity contribution in [1.82, 2.24) is 4.98 Å². The Kier molecular flexibility index (Phi) is 2.94. The van der Waals surface area contributed by atoms with Crippen LogP contribution in [0.3, 0.4) is 0 Å². The normalized spacial score (nSPS) is 15.3. The number of methoxy groups -OCH3 is 1. The van der Waals surface area contributed by atoms with Crippen molar-refractivity contribution in [1.29, 1.82) is 0 Å². The van der Waals surface area contributed by atoms with Crippen LogP contribution >= 0.6 is 0 Å². The molecule has 2 N–H and O–H groups in total. The second kappa shape index (κ2) is 4.38. The number of pyridine rings is 1. The monoisotopic (exact) mass is 222 g/mol. The van der Waals surface area contributed by atoms with E-state index in [1.807, 2.05) is 0 Å². The molecule has 0 radical (unpaired) electrons. The first-order valence-corrected chi connectivity index (χ1v) is 5.22. The molecule has 0 saturated heterocycles. The molecule has 0 amide bonds. The summed E-state index contributed by atoms with van der Waals surface area (Å²) in [5.74, 6) is -0.147. The minimum absolute atomic E-state index is 0.183. The first-order chi connectivity index (χ1) is 7.72. The number of nitrogens with two attached hydrogens (primary N) is 1. The molecule has 0 atom stereocenters. The van der Waals surface area contributed by atoms with E-state index in [4.69, 9.17) is 10.5 Å². The Labute approximate surface area is 93.6 Å². The van der Waals surface area contributed by atoms with Crippen molar-refractivity contribution in [3.8, 4) is 5.88 Å². The Hall–Kier alpha value is -1.78. The number of carbonyl (C=O) groups is 1. The molecular formula is C11H14N2O3. The number of aromatic nitrogens is 1. The third-order valence-corrected chi connectivity index (χ3v) is 2.69. The van der Waals surface area contributed by atoms with E-state index in [2.05, 4.69) is 9.72 Å². The van der Waals surface area contributed by atoms with Gasteiger partial charge in [-0.1, -0.05) is 0 Å². The van der Waals surface area contributed by atoms with E-state index >= 15 is 0 Å². The Morgan fingerprint density at radius 3 is 2.88 bits per heavy atom. The summed E-state index contributed by atoms with van der Waals surface area (Å²) in [6.07, 6.45) is 4.88. The molecule has 0 aromatic carbocycles. The lowest BCUT2D eigenvalue weighted by Gasteiger charge is -2.26. The van der Waals surface area contributed by atoms with E-state index in [1.165, 1.54) is 25.8 Å². The molecular weight excluding hydrogens is 208 g/mol. The van der Waals surface area contributed by atoms with Gasteiger partial charge in [0, 0.05) is 6.20 Å².